The summed E-state index contributed by atoms with van der Waals surface area (Å²) in [6, 6.07) is 12.9. The number of halogens is 1. The highest BCUT2D eigenvalue weighted by molar-refractivity contribution is 9.10. The summed E-state index contributed by atoms with van der Waals surface area (Å²) in [5.74, 6) is -0.0631. The fourth-order valence-electron chi connectivity index (χ4n) is 3.33. The molecule has 8 heteroatoms. The number of anilines is 1. The van der Waals surface area contributed by atoms with E-state index in [1.165, 1.54) is 0 Å². The summed E-state index contributed by atoms with van der Waals surface area (Å²) in [4.78, 5) is 28.8. The van der Waals surface area contributed by atoms with Crippen LogP contribution >= 0.6 is 15.9 Å². The minimum absolute atomic E-state index is 0.0631. The van der Waals surface area contributed by atoms with Crippen molar-refractivity contribution in [1.82, 2.24) is 9.55 Å². The molecule has 1 amide bonds. The molecule has 0 unspecified atom stereocenters. The molecule has 2 aromatic carbocycles. The second-order valence-electron chi connectivity index (χ2n) is 6.79. The highest BCUT2D eigenvalue weighted by Gasteiger charge is 2.19. The van der Waals surface area contributed by atoms with E-state index in [0.717, 1.165) is 15.4 Å². The molecule has 2 heterocycles. The van der Waals surface area contributed by atoms with Gasteiger partial charge in [-0.3, -0.25) is 9.36 Å². The number of nitrogens with zero attached hydrogens (tertiary/aromatic N) is 2. The number of furan rings is 1. The molecule has 154 valence electrons. The largest absolute Gasteiger partial charge is 0.452 e. The minimum atomic E-state index is -0.374. The maximum atomic E-state index is 12.9. The number of methoxy groups -OCH3 is 1. The van der Waals surface area contributed by atoms with Gasteiger partial charge in [-0.15, -0.1) is 0 Å². The summed E-state index contributed by atoms with van der Waals surface area (Å²) in [6.07, 6.45) is 0.401. The first kappa shape index (κ1) is 20.3. The van der Waals surface area contributed by atoms with E-state index in [-0.39, 0.29) is 11.6 Å². The zero-order chi connectivity index (χ0) is 21.3. The SMILES string of the molecule is CCC(=O)Nc1ccc(-c2nc(=O)n(CCOC)c3c2oc2ccc(Br)cc23)cc1. The molecule has 4 rings (SSSR count). The molecule has 0 saturated carbocycles. The number of benzene rings is 2. The molecule has 7 nitrogen and oxygen atoms in total. The van der Waals surface area contributed by atoms with E-state index in [4.69, 9.17) is 9.15 Å². The van der Waals surface area contributed by atoms with Crippen molar-refractivity contribution in [3.8, 4) is 11.3 Å². The topological polar surface area (TPSA) is 86.4 Å². The fraction of sp³-hybridized carbons (Fsp3) is 0.227. The highest BCUT2D eigenvalue weighted by Crippen LogP contribution is 2.35. The smallest absolute Gasteiger partial charge is 0.348 e. The molecular formula is C22H20BrN3O4. The maximum absolute atomic E-state index is 12.9. The summed E-state index contributed by atoms with van der Waals surface area (Å²) in [7, 11) is 1.59. The van der Waals surface area contributed by atoms with Crippen LogP contribution in [0.5, 0.6) is 0 Å². The first-order valence-corrected chi connectivity index (χ1v) is 10.3. The van der Waals surface area contributed by atoms with Gasteiger partial charge in [-0.2, -0.15) is 4.98 Å². The normalized spacial score (nSPS) is 11.3. The van der Waals surface area contributed by atoms with Crippen LogP contribution in [-0.4, -0.2) is 29.2 Å². The average Bonchev–Trinajstić information content (AvgIpc) is 3.12. The maximum Gasteiger partial charge on any atom is 0.348 e. The Morgan fingerprint density at radius 1 is 1.23 bits per heavy atom. The summed E-state index contributed by atoms with van der Waals surface area (Å²) in [5, 5.41) is 3.63. The molecule has 0 atom stereocenters. The zero-order valence-corrected chi connectivity index (χ0v) is 18.2. The summed E-state index contributed by atoms with van der Waals surface area (Å²) in [6.45, 7) is 2.54. The third-order valence-corrected chi connectivity index (χ3v) is 5.32. The van der Waals surface area contributed by atoms with E-state index < -0.39 is 0 Å². The number of aromatic nitrogens is 2. The van der Waals surface area contributed by atoms with Crippen molar-refractivity contribution in [2.75, 3.05) is 19.0 Å². The van der Waals surface area contributed by atoms with E-state index in [2.05, 4.69) is 26.2 Å². The Bertz CT molecular complexity index is 1290. The minimum Gasteiger partial charge on any atom is -0.452 e. The lowest BCUT2D eigenvalue weighted by molar-refractivity contribution is -0.115. The van der Waals surface area contributed by atoms with Gasteiger partial charge in [0.1, 0.15) is 16.8 Å². The molecule has 0 radical (unpaired) electrons. The van der Waals surface area contributed by atoms with Crippen LogP contribution in [0.15, 0.2) is 56.1 Å². The molecule has 0 bridgehead atoms. The number of amides is 1. The summed E-state index contributed by atoms with van der Waals surface area (Å²) >= 11 is 3.49. The standard InChI is InChI=1S/C22H20BrN3O4/c1-3-18(27)24-15-7-4-13(5-8-15)19-21-20(26(10-11-29-2)22(28)25-19)16-12-14(23)6-9-17(16)30-21/h4-9,12H,3,10-11H2,1-2H3,(H,24,27). The Kier molecular flexibility index (Phi) is 5.69. The van der Waals surface area contributed by atoms with Crippen molar-refractivity contribution in [2.45, 2.75) is 19.9 Å². The van der Waals surface area contributed by atoms with Crippen molar-refractivity contribution in [1.29, 1.82) is 0 Å². The lowest BCUT2D eigenvalue weighted by atomic mass is 10.1. The van der Waals surface area contributed by atoms with Crippen molar-refractivity contribution in [2.24, 2.45) is 0 Å². The Morgan fingerprint density at radius 2 is 2.00 bits per heavy atom. The van der Waals surface area contributed by atoms with Crippen LogP contribution in [0.3, 0.4) is 0 Å². The van der Waals surface area contributed by atoms with Gasteiger partial charge < -0.3 is 14.5 Å². The molecule has 4 aromatic rings. The predicted octanol–water partition coefficient (Wildman–Crippen LogP) is 4.57. The lowest BCUT2D eigenvalue weighted by Gasteiger charge is -2.10. The Labute approximate surface area is 180 Å². The van der Waals surface area contributed by atoms with Gasteiger partial charge in [-0.25, -0.2) is 4.79 Å². The number of carbonyl (C=O) groups is 1. The third-order valence-electron chi connectivity index (χ3n) is 4.83. The third kappa shape index (κ3) is 3.76. The molecule has 30 heavy (non-hydrogen) atoms. The monoisotopic (exact) mass is 469 g/mol. The number of carbonyl (C=O) groups excluding carboxylic acids is 1. The molecule has 2 aromatic heterocycles. The fourth-order valence-corrected chi connectivity index (χ4v) is 3.70. The average molecular weight is 470 g/mol. The van der Waals surface area contributed by atoms with Gasteiger partial charge in [0.15, 0.2) is 5.58 Å². The Morgan fingerprint density at radius 3 is 2.70 bits per heavy atom. The van der Waals surface area contributed by atoms with Gasteiger partial charge in [-0.05, 0) is 30.3 Å². The van der Waals surface area contributed by atoms with Crippen molar-refractivity contribution in [3.63, 3.8) is 0 Å². The molecule has 0 aliphatic carbocycles. The molecule has 0 fully saturated rings. The zero-order valence-electron chi connectivity index (χ0n) is 16.6. The number of nitrogens with one attached hydrogen (secondary N) is 1. The van der Waals surface area contributed by atoms with Crippen molar-refractivity contribution >= 4 is 49.6 Å². The quantitative estimate of drug-likeness (QED) is 0.446. The Balaban J connectivity index is 1.92. The van der Waals surface area contributed by atoms with E-state index in [1.807, 2.05) is 30.3 Å². The van der Waals surface area contributed by atoms with Crippen LogP contribution in [-0.2, 0) is 16.1 Å². The number of ether oxygens (including phenoxy) is 1. The first-order chi connectivity index (χ1) is 14.5. The summed E-state index contributed by atoms with van der Waals surface area (Å²) < 4.78 is 13.8. The number of hydrogen-bond acceptors (Lipinski definition) is 5. The van der Waals surface area contributed by atoms with Gasteiger partial charge in [0, 0.05) is 34.6 Å². The van der Waals surface area contributed by atoms with Gasteiger partial charge in [0.2, 0.25) is 5.91 Å². The van der Waals surface area contributed by atoms with Crippen LogP contribution in [0, 0.1) is 0 Å². The van der Waals surface area contributed by atoms with Crippen molar-refractivity contribution < 1.29 is 13.9 Å². The molecule has 0 aliphatic rings. The van der Waals surface area contributed by atoms with E-state index >= 15 is 0 Å². The van der Waals surface area contributed by atoms with Crippen molar-refractivity contribution in [3.05, 3.63) is 57.4 Å². The Hall–Kier alpha value is -2.97. The first-order valence-electron chi connectivity index (χ1n) is 9.53. The molecule has 0 aliphatic heterocycles. The second-order valence-corrected chi connectivity index (χ2v) is 7.70. The molecule has 0 saturated heterocycles. The summed E-state index contributed by atoms with van der Waals surface area (Å²) in [5.41, 5.74) is 3.38. The van der Waals surface area contributed by atoms with Gasteiger partial charge >= 0.3 is 5.69 Å². The van der Waals surface area contributed by atoms with Gasteiger partial charge in [-0.1, -0.05) is 35.0 Å². The molecule has 0 spiro atoms. The number of hydrogen-bond donors (Lipinski definition) is 1. The van der Waals surface area contributed by atoms with Gasteiger partial charge in [0.25, 0.3) is 0 Å². The van der Waals surface area contributed by atoms with Crippen LogP contribution in [0.1, 0.15) is 13.3 Å². The van der Waals surface area contributed by atoms with E-state index in [0.29, 0.717) is 47.6 Å². The van der Waals surface area contributed by atoms with Crippen LogP contribution in [0.2, 0.25) is 0 Å². The van der Waals surface area contributed by atoms with Crippen LogP contribution in [0.25, 0.3) is 33.3 Å². The molecular weight excluding hydrogens is 450 g/mol. The predicted molar refractivity (Wildman–Crippen MR) is 120 cm³/mol. The molecule has 1 N–H and O–H groups in total. The van der Waals surface area contributed by atoms with E-state index in [9.17, 15) is 9.59 Å². The lowest BCUT2D eigenvalue weighted by Crippen LogP contribution is -2.25. The van der Waals surface area contributed by atoms with E-state index in [1.54, 1.807) is 30.7 Å². The van der Waals surface area contributed by atoms with Gasteiger partial charge in [0.05, 0.1) is 13.2 Å². The number of fused-ring (bicyclic) bond motifs is 3. The van der Waals surface area contributed by atoms with Crippen LogP contribution < -0.4 is 11.0 Å². The highest BCUT2D eigenvalue weighted by atomic mass is 79.9. The second kappa shape index (κ2) is 8.41. The van der Waals surface area contributed by atoms with Crippen LogP contribution in [0.4, 0.5) is 5.69 Å². The number of rotatable bonds is 6.